The fraction of sp³-hybridized carbons (Fsp3) is 0.222. The van der Waals surface area contributed by atoms with E-state index in [9.17, 15) is 14.9 Å². The number of methoxy groups -OCH3 is 1. The number of rotatable bonds is 8. The van der Waals surface area contributed by atoms with Crippen molar-refractivity contribution in [2.45, 2.75) is 5.75 Å². The Morgan fingerprint density at radius 2 is 2.12 bits per heavy atom. The zero-order valence-electron chi connectivity index (χ0n) is 14.1. The Bertz CT molecular complexity index is 849. The second kappa shape index (κ2) is 9.44. The first-order valence-electron chi connectivity index (χ1n) is 7.73. The molecule has 0 fully saturated rings. The van der Waals surface area contributed by atoms with E-state index >= 15 is 0 Å². The number of amides is 1. The van der Waals surface area contributed by atoms with Crippen LogP contribution in [0.4, 0.5) is 5.69 Å². The fourth-order valence-electron chi connectivity index (χ4n) is 2.26. The van der Waals surface area contributed by atoms with Crippen LogP contribution in [0.15, 0.2) is 42.5 Å². The van der Waals surface area contributed by atoms with Gasteiger partial charge in [0.15, 0.2) is 0 Å². The van der Waals surface area contributed by atoms with Gasteiger partial charge >= 0.3 is 0 Å². The molecule has 26 heavy (non-hydrogen) atoms. The molecule has 2 aromatic carbocycles. The molecule has 0 aliphatic carbocycles. The summed E-state index contributed by atoms with van der Waals surface area (Å²) in [5.41, 5.74) is 1.55. The van der Waals surface area contributed by atoms with Crippen molar-refractivity contribution in [1.82, 2.24) is 5.32 Å². The van der Waals surface area contributed by atoms with Gasteiger partial charge in [-0.1, -0.05) is 18.2 Å². The summed E-state index contributed by atoms with van der Waals surface area (Å²) in [5, 5.41) is 22.7. The average molecular weight is 371 g/mol. The number of benzene rings is 2. The molecule has 0 aromatic heterocycles. The van der Waals surface area contributed by atoms with Crippen molar-refractivity contribution in [3.8, 4) is 11.8 Å². The number of nitriles is 1. The first-order valence-corrected chi connectivity index (χ1v) is 8.88. The van der Waals surface area contributed by atoms with Crippen molar-refractivity contribution in [3.63, 3.8) is 0 Å². The maximum absolute atomic E-state index is 12.3. The van der Waals surface area contributed by atoms with Crippen LogP contribution < -0.4 is 10.1 Å². The van der Waals surface area contributed by atoms with E-state index in [0.29, 0.717) is 23.6 Å². The van der Waals surface area contributed by atoms with Crippen molar-refractivity contribution >= 4 is 23.4 Å². The van der Waals surface area contributed by atoms with Crippen LogP contribution in [-0.2, 0) is 5.75 Å². The van der Waals surface area contributed by atoms with E-state index in [0.717, 1.165) is 5.56 Å². The van der Waals surface area contributed by atoms with E-state index in [-0.39, 0.29) is 17.0 Å². The number of nitrogens with zero attached hydrogens (tertiary/aromatic N) is 2. The van der Waals surface area contributed by atoms with E-state index in [1.807, 2.05) is 18.2 Å². The summed E-state index contributed by atoms with van der Waals surface area (Å²) in [6.07, 6.45) is 0. The molecule has 0 saturated carbocycles. The number of ether oxygens (including phenoxy) is 1. The lowest BCUT2D eigenvalue weighted by molar-refractivity contribution is -0.384. The molecule has 8 heteroatoms. The molecule has 0 heterocycles. The molecule has 0 aliphatic heterocycles. The van der Waals surface area contributed by atoms with Crippen LogP contribution in [0, 0.1) is 21.4 Å². The van der Waals surface area contributed by atoms with Crippen molar-refractivity contribution < 1.29 is 14.5 Å². The smallest absolute Gasteiger partial charge is 0.270 e. The van der Waals surface area contributed by atoms with Crippen LogP contribution in [0.1, 0.15) is 21.5 Å². The summed E-state index contributed by atoms with van der Waals surface area (Å²) in [4.78, 5) is 22.6. The second-order valence-electron chi connectivity index (χ2n) is 5.22. The van der Waals surface area contributed by atoms with E-state index in [1.54, 1.807) is 17.8 Å². The zero-order valence-corrected chi connectivity index (χ0v) is 14.9. The SMILES string of the molecule is COc1ccc([N+](=O)[O-])cc1C(=O)NCCSCc1ccccc1C#N. The summed E-state index contributed by atoms with van der Waals surface area (Å²) in [5.74, 6) is 1.16. The Hall–Kier alpha value is -3.05. The van der Waals surface area contributed by atoms with Crippen LogP contribution in [0.25, 0.3) is 0 Å². The lowest BCUT2D eigenvalue weighted by atomic mass is 10.1. The Labute approximate surface area is 155 Å². The van der Waals surface area contributed by atoms with Crippen molar-refractivity contribution in [2.75, 3.05) is 19.4 Å². The molecule has 134 valence electrons. The molecule has 1 N–H and O–H groups in total. The van der Waals surface area contributed by atoms with Gasteiger partial charge in [-0.2, -0.15) is 17.0 Å². The normalized spacial score (nSPS) is 10.0. The number of nitro groups is 1. The number of hydrogen-bond donors (Lipinski definition) is 1. The lowest BCUT2D eigenvalue weighted by Gasteiger charge is -2.09. The first-order chi connectivity index (χ1) is 12.6. The Morgan fingerprint density at radius 1 is 1.35 bits per heavy atom. The van der Waals surface area contributed by atoms with E-state index in [1.165, 1.54) is 25.3 Å². The minimum Gasteiger partial charge on any atom is -0.496 e. The Balaban J connectivity index is 1.88. The standard InChI is InChI=1S/C18H17N3O4S/c1-25-17-7-6-15(21(23)24)10-16(17)18(22)20-8-9-26-12-14-5-3-2-4-13(14)11-19/h2-7,10H,8-9,12H2,1H3,(H,20,22). The third kappa shape index (κ3) is 4.97. The molecule has 1 amide bonds. The molecule has 0 spiro atoms. The van der Waals surface area contributed by atoms with Crippen LogP contribution in [0.3, 0.4) is 0 Å². The second-order valence-corrected chi connectivity index (χ2v) is 6.32. The van der Waals surface area contributed by atoms with Gasteiger partial charge in [-0.05, 0) is 17.7 Å². The highest BCUT2D eigenvalue weighted by molar-refractivity contribution is 7.98. The number of thioether (sulfide) groups is 1. The highest BCUT2D eigenvalue weighted by Crippen LogP contribution is 2.24. The van der Waals surface area contributed by atoms with E-state index in [2.05, 4.69) is 11.4 Å². The maximum atomic E-state index is 12.3. The van der Waals surface area contributed by atoms with Crippen molar-refractivity contribution in [3.05, 3.63) is 69.3 Å². The molecule has 0 saturated heterocycles. The summed E-state index contributed by atoms with van der Waals surface area (Å²) >= 11 is 1.59. The van der Waals surface area contributed by atoms with Crippen LogP contribution in [0.2, 0.25) is 0 Å². The summed E-state index contributed by atoms with van der Waals surface area (Å²) < 4.78 is 5.09. The van der Waals surface area contributed by atoms with Gasteiger partial charge in [0.25, 0.3) is 11.6 Å². The van der Waals surface area contributed by atoms with Gasteiger partial charge in [0.05, 0.1) is 29.2 Å². The lowest BCUT2D eigenvalue weighted by Crippen LogP contribution is -2.26. The highest BCUT2D eigenvalue weighted by Gasteiger charge is 2.17. The van der Waals surface area contributed by atoms with Gasteiger partial charge in [-0.15, -0.1) is 0 Å². The van der Waals surface area contributed by atoms with Gasteiger partial charge < -0.3 is 10.1 Å². The molecule has 2 aromatic rings. The van der Waals surface area contributed by atoms with Gasteiger partial charge in [0.1, 0.15) is 5.75 Å². The summed E-state index contributed by atoms with van der Waals surface area (Å²) in [6, 6.07) is 13.4. The van der Waals surface area contributed by atoms with Gasteiger partial charge in [-0.25, -0.2) is 0 Å². The number of non-ortho nitro benzene ring substituents is 1. The molecular weight excluding hydrogens is 354 g/mol. The number of hydrogen-bond acceptors (Lipinski definition) is 6. The van der Waals surface area contributed by atoms with E-state index < -0.39 is 10.8 Å². The molecule has 0 unspecified atom stereocenters. The predicted octanol–water partition coefficient (Wildman–Crippen LogP) is 3.14. The summed E-state index contributed by atoms with van der Waals surface area (Å²) in [6.45, 7) is 0.393. The van der Waals surface area contributed by atoms with Crippen LogP contribution in [0.5, 0.6) is 5.75 Å². The van der Waals surface area contributed by atoms with Gasteiger partial charge in [-0.3, -0.25) is 14.9 Å². The van der Waals surface area contributed by atoms with E-state index in [4.69, 9.17) is 10.00 Å². The highest BCUT2D eigenvalue weighted by atomic mass is 32.2. The maximum Gasteiger partial charge on any atom is 0.270 e. The molecule has 7 nitrogen and oxygen atoms in total. The number of nitrogens with one attached hydrogen (secondary N) is 1. The number of carbonyl (C=O) groups excluding carboxylic acids is 1. The third-order valence-corrected chi connectivity index (χ3v) is 4.57. The van der Waals surface area contributed by atoms with Crippen molar-refractivity contribution in [1.29, 1.82) is 5.26 Å². The quantitative estimate of drug-likeness (QED) is 0.434. The van der Waals surface area contributed by atoms with Gasteiger partial charge in [0, 0.05) is 30.2 Å². The molecular formula is C18H17N3O4S. The molecule has 0 bridgehead atoms. The first kappa shape index (κ1) is 19.3. The molecule has 0 atom stereocenters. The molecule has 0 aliphatic rings. The number of carbonyl (C=O) groups is 1. The predicted molar refractivity (Wildman–Crippen MR) is 99.3 cm³/mol. The largest absolute Gasteiger partial charge is 0.496 e. The monoisotopic (exact) mass is 371 g/mol. The minimum absolute atomic E-state index is 0.126. The third-order valence-electron chi connectivity index (χ3n) is 3.57. The zero-order chi connectivity index (χ0) is 18.9. The number of nitro benzene ring substituents is 1. The van der Waals surface area contributed by atoms with Crippen LogP contribution >= 0.6 is 11.8 Å². The van der Waals surface area contributed by atoms with Crippen molar-refractivity contribution in [2.24, 2.45) is 0 Å². The average Bonchev–Trinajstić information content (AvgIpc) is 2.67. The fourth-order valence-corrected chi connectivity index (χ4v) is 3.12. The summed E-state index contributed by atoms with van der Waals surface area (Å²) in [7, 11) is 1.40. The minimum atomic E-state index is -0.557. The topological polar surface area (TPSA) is 105 Å². The molecule has 0 radical (unpaired) electrons. The Morgan fingerprint density at radius 3 is 2.81 bits per heavy atom. The Kier molecular flexibility index (Phi) is 7.00. The van der Waals surface area contributed by atoms with Gasteiger partial charge in [0.2, 0.25) is 0 Å². The molecule has 2 rings (SSSR count). The van der Waals surface area contributed by atoms with Crippen LogP contribution in [-0.4, -0.2) is 30.2 Å².